The van der Waals surface area contributed by atoms with Gasteiger partial charge in [0.25, 0.3) is 5.78 Å². The number of rotatable bonds is 5. The Kier molecular flexibility index (Phi) is 4.94. The molecule has 0 aliphatic heterocycles. The number of halogens is 2. The average Bonchev–Trinajstić information content (AvgIpc) is 2.90. The fourth-order valence-electron chi connectivity index (χ4n) is 2.08. The molecule has 0 saturated carbocycles. The van der Waals surface area contributed by atoms with Gasteiger partial charge in [-0.15, -0.1) is 5.10 Å². The number of ether oxygens (including phenoxy) is 1. The van der Waals surface area contributed by atoms with Gasteiger partial charge in [0.2, 0.25) is 5.16 Å². The van der Waals surface area contributed by atoms with Crippen LogP contribution in [0.4, 0.5) is 0 Å². The highest BCUT2D eigenvalue weighted by Crippen LogP contribution is 2.28. The molecule has 0 unspecified atom stereocenters. The SMILES string of the molecule is Cc1cc(C)n2nc(SCCOc3cc(Cl)ccc3Cl)nc2n1. The standard InChI is InChI=1S/C15H14Cl2N4OS/c1-9-7-10(2)21-14(18-9)19-15(20-21)23-6-5-22-13-8-11(16)3-4-12(13)17/h3-4,7-8H,5-6H2,1-2H3. The van der Waals surface area contributed by atoms with Crippen molar-refractivity contribution in [3.63, 3.8) is 0 Å². The average molecular weight is 369 g/mol. The Balaban J connectivity index is 1.61. The second-order valence-corrected chi connectivity index (χ2v) is 6.82. The van der Waals surface area contributed by atoms with Crippen LogP contribution in [0, 0.1) is 13.8 Å². The summed E-state index contributed by atoms with van der Waals surface area (Å²) in [5, 5.41) is 6.24. The lowest BCUT2D eigenvalue weighted by Gasteiger charge is -2.07. The van der Waals surface area contributed by atoms with Gasteiger partial charge >= 0.3 is 0 Å². The number of hydrogen-bond acceptors (Lipinski definition) is 5. The third kappa shape index (κ3) is 3.88. The lowest BCUT2D eigenvalue weighted by Crippen LogP contribution is -2.01. The zero-order chi connectivity index (χ0) is 16.4. The van der Waals surface area contributed by atoms with E-state index < -0.39 is 0 Å². The van der Waals surface area contributed by atoms with Crippen molar-refractivity contribution in [1.29, 1.82) is 0 Å². The molecule has 0 fully saturated rings. The maximum absolute atomic E-state index is 6.05. The van der Waals surface area contributed by atoms with Crippen LogP contribution in [0.2, 0.25) is 10.0 Å². The molecule has 0 aliphatic rings. The van der Waals surface area contributed by atoms with Gasteiger partial charge in [-0.25, -0.2) is 9.50 Å². The van der Waals surface area contributed by atoms with E-state index in [1.54, 1.807) is 22.7 Å². The fraction of sp³-hybridized carbons (Fsp3) is 0.267. The molecule has 23 heavy (non-hydrogen) atoms. The van der Waals surface area contributed by atoms with Crippen molar-refractivity contribution in [2.24, 2.45) is 0 Å². The van der Waals surface area contributed by atoms with E-state index in [0.717, 1.165) is 11.4 Å². The molecule has 8 heteroatoms. The number of benzene rings is 1. The number of fused-ring (bicyclic) bond motifs is 1. The summed E-state index contributed by atoms with van der Waals surface area (Å²) < 4.78 is 7.38. The smallest absolute Gasteiger partial charge is 0.253 e. The third-order valence-corrected chi connectivity index (χ3v) is 4.41. The van der Waals surface area contributed by atoms with Crippen molar-refractivity contribution < 1.29 is 4.74 Å². The molecular weight excluding hydrogens is 355 g/mol. The molecule has 0 bridgehead atoms. The van der Waals surface area contributed by atoms with Crippen LogP contribution in [0.1, 0.15) is 11.4 Å². The van der Waals surface area contributed by atoms with Gasteiger partial charge in [0.15, 0.2) is 0 Å². The van der Waals surface area contributed by atoms with Crippen molar-refractivity contribution in [3.8, 4) is 5.75 Å². The number of aromatic nitrogens is 4. The van der Waals surface area contributed by atoms with E-state index in [9.17, 15) is 0 Å². The largest absolute Gasteiger partial charge is 0.491 e. The molecule has 0 aliphatic carbocycles. The molecule has 5 nitrogen and oxygen atoms in total. The van der Waals surface area contributed by atoms with Crippen LogP contribution < -0.4 is 4.74 Å². The van der Waals surface area contributed by atoms with Gasteiger partial charge in [-0.2, -0.15) is 4.98 Å². The second-order valence-electron chi connectivity index (χ2n) is 4.92. The summed E-state index contributed by atoms with van der Waals surface area (Å²) in [7, 11) is 0. The minimum atomic E-state index is 0.478. The van der Waals surface area contributed by atoms with Crippen molar-refractivity contribution in [2.45, 2.75) is 19.0 Å². The lowest BCUT2D eigenvalue weighted by molar-refractivity contribution is 0.344. The summed E-state index contributed by atoms with van der Waals surface area (Å²) >= 11 is 13.5. The van der Waals surface area contributed by atoms with Crippen molar-refractivity contribution in [2.75, 3.05) is 12.4 Å². The summed E-state index contributed by atoms with van der Waals surface area (Å²) in [6, 6.07) is 7.12. The maximum atomic E-state index is 6.05. The zero-order valence-electron chi connectivity index (χ0n) is 12.6. The summed E-state index contributed by atoms with van der Waals surface area (Å²) in [5.41, 5.74) is 1.94. The summed E-state index contributed by atoms with van der Waals surface area (Å²) in [5.74, 6) is 1.89. The molecule has 120 valence electrons. The number of hydrogen-bond donors (Lipinski definition) is 0. The molecule has 2 heterocycles. The Morgan fingerprint density at radius 2 is 2.00 bits per heavy atom. The van der Waals surface area contributed by atoms with Gasteiger partial charge in [-0.3, -0.25) is 0 Å². The topological polar surface area (TPSA) is 52.3 Å². The monoisotopic (exact) mass is 368 g/mol. The molecule has 3 aromatic rings. The van der Waals surface area contributed by atoms with Gasteiger partial charge in [0, 0.05) is 28.2 Å². The minimum absolute atomic E-state index is 0.478. The molecule has 0 amide bonds. The van der Waals surface area contributed by atoms with Crippen LogP contribution in [-0.4, -0.2) is 31.9 Å². The molecule has 0 atom stereocenters. The van der Waals surface area contributed by atoms with E-state index >= 15 is 0 Å². The molecular formula is C15H14Cl2N4OS. The Bertz CT molecular complexity index is 853. The van der Waals surface area contributed by atoms with E-state index in [2.05, 4.69) is 15.1 Å². The molecule has 0 spiro atoms. The van der Waals surface area contributed by atoms with Crippen LogP contribution in [-0.2, 0) is 0 Å². The number of nitrogens with zero attached hydrogens (tertiary/aromatic N) is 4. The van der Waals surface area contributed by atoms with Crippen LogP contribution >= 0.6 is 35.0 Å². The minimum Gasteiger partial charge on any atom is -0.491 e. The molecule has 0 radical (unpaired) electrons. The predicted octanol–water partition coefficient (Wildman–Crippen LogP) is 4.22. The van der Waals surface area contributed by atoms with Gasteiger partial charge in [0.05, 0.1) is 11.6 Å². The molecule has 2 aromatic heterocycles. The highest BCUT2D eigenvalue weighted by atomic mass is 35.5. The predicted molar refractivity (Wildman–Crippen MR) is 92.9 cm³/mol. The third-order valence-electron chi connectivity index (χ3n) is 3.06. The highest BCUT2D eigenvalue weighted by molar-refractivity contribution is 7.99. The van der Waals surface area contributed by atoms with Crippen molar-refractivity contribution >= 4 is 40.7 Å². The van der Waals surface area contributed by atoms with Crippen LogP contribution in [0.15, 0.2) is 29.4 Å². The molecule has 1 aromatic carbocycles. The first kappa shape index (κ1) is 16.4. The molecule has 0 N–H and O–H groups in total. The van der Waals surface area contributed by atoms with Crippen molar-refractivity contribution in [1.82, 2.24) is 19.6 Å². The first-order chi connectivity index (χ1) is 11.0. The van der Waals surface area contributed by atoms with Crippen LogP contribution in [0.3, 0.4) is 0 Å². The van der Waals surface area contributed by atoms with E-state index in [1.807, 2.05) is 19.9 Å². The van der Waals surface area contributed by atoms with Crippen LogP contribution in [0.5, 0.6) is 5.75 Å². The Morgan fingerprint density at radius 1 is 1.17 bits per heavy atom. The van der Waals surface area contributed by atoms with Crippen molar-refractivity contribution in [3.05, 3.63) is 45.7 Å². The van der Waals surface area contributed by atoms with Crippen LogP contribution in [0.25, 0.3) is 5.78 Å². The Morgan fingerprint density at radius 3 is 2.83 bits per heavy atom. The second kappa shape index (κ2) is 6.95. The number of aryl methyl sites for hydroxylation is 2. The first-order valence-corrected chi connectivity index (χ1v) is 8.69. The van der Waals surface area contributed by atoms with E-state index in [4.69, 9.17) is 27.9 Å². The summed E-state index contributed by atoms with van der Waals surface area (Å²) in [6.07, 6.45) is 0. The normalized spacial score (nSPS) is 11.1. The number of thioether (sulfide) groups is 1. The van der Waals surface area contributed by atoms with Gasteiger partial charge < -0.3 is 4.74 Å². The van der Waals surface area contributed by atoms with E-state index in [-0.39, 0.29) is 0 Å². The van der Waals surface area contributed by atoms with E-state index in [0.29, 0.717) is 39.1 Å². The zero-order valence-corrected chi connectivity index (χ0v) is 14.9. The van der Waals surface area contributed by atoms with Gasteiger partial charge in [-0.05, 0) is 32.0 Å². The maximum Gasteiger partial charge on any atom is 0.253 e. The molecule has 3 rings (SSSR count). The first-order valence-electron chi connectivity index (χ1n) is 6.94. The van der Waals surface area contributed by atoms with E-state index in [1.165, 1.54) is 11.8 Å². The summed E-state index contributed by atoms with van der Waals surface area (Å²) in [6.45, 7) is 4.40. The van der Waals surface area contributed by atoms with Gasteiger partial charge in [0.1, 0.15) is 5.75 Å². The fourth-order valence-corrected chi connectivity index (χ4v) is 3.05. The Labute approximate surface area is 148 Å². The Hall–Kier alpha value is -1.50. The molecule has 0 saturated heterocycles. The van der Waals surface area contributed by atoms with Gasteiger partial charge in [-0.1, -0.05) is 35.0 Å². The lowest BCUT2D eigenvalue weighted by atomic mass is 10.3. The summed E-state index contributed by atoms with van der Waals surface area (Å²) in [4.78, 5) is 8.78. The highest BCUT2D eigenvalue weighted by Gasteiger charge is 2.08. The quantitative estimate of drug-likeness (QED) is 0.498.